The van der Waals surface area contributed by atoms with Crippen LogP contribution in [0.3, 0.4) is 0 Å². The Balaban J connectivity index is 2.68. The zero-order valence-electron chi connectivity index (χ0n) is 10.6. The van der Waals surface area contributed by atoms with Crippen molar-refractivity contribution in [3.8, 4) is 0 Å². The van der Waals surface area contributed by atoms with Crippen molar-refractivity contribution < 1.29 is 0 Å². The Kier molecular flexibility index (Phi) is 6.01. The van der Waals surface area contributed by atoms with Crippen molar-refractivity contribution in [3.63, 3.8) is 0 Å². The molecule has 3 heteroatoms. The van der Waals surface area contributed by atoms with Crippen LogP contribution in [0.1, 0.15) is 32.6 Å². The molecule has 0 fully saturated rings. The molecule has 92 valence electrons. The fraction of sp³-hybridized carbons (Fsp3) is 0.692. The highest BCUT2D eigenvalue weighted by molar-refractivity contribution is 9.10. The first-order valence-corrected chi connectivity index (χ1v) is 7.68. The molecule has 0 spiro atoms. The molecule has 1 aromatic heterocycles. The third kappa shape index (κ3) is 3.86. The van der Waals surface area contributed by atoms with Gasteiger partial charge in [0.15, 0.2) is 0 Å². The second-order valence-electron chi connectivity index (χ2n) is 4.66. The van der Waals surface area contributed by atoms with Crippen LogP contribution in [0.4, 0.5) is 0 Å². The minimum Gasteiger partial charge on any atom is -0.314 e. The first-order chi connectivity index (χ1) is 7.56. The molecule has 0 amide bonds. The van der Waals surface area contributed by atoms with Crippen LogP contribution < -0.4 is 5.32 Å². The lowest BCUT2D eigenvalue weighted by atomic mass is 9.88. The smallest absolute Gasteiger partial charge is 0.0314 e. The number of halogens is 1. The lowest BCUT2D eigenvalue weighted by Crippen LogP contribution is -2.38. The van der Waals surface area contributed by atoms with Gasteiger partial charge in [0, 0.05) is 15.4 Å². The van der Waals surface area contributed by atoms with Crippen molar-refractivity contribution in [2.45, 2.75) is 40.2 Å². The number of rotatable bonds is 6. The van der Waals surface area contributed by atoms with Gasteiger partial charge in [0.1, 0.15) is 0 Å². The van der Waals surface area contributed by atoms with Gasteiger partial charge in [-0.15, -0.1) is 11.3 Å². The van der Waals surface area contributed by atoms with Crippen LogP contribution in [0.2, 0.25) is 0 Å². The summed E-state index contributed by atoms with van der Waals surface area (Å²) in [5.74, 6) is 1.43. The molecule has 0 radical (unpaired) electrons. The van der Waals surface area contributed by atoms with E-state index < -0.39 is 0 Å². The van der Waals surface area contributed by atoms with Gasteiger partial charge in [-0.05, 0) is 52.2 Å². The van der Waals surface area contributed by atoms with Crippen LogP contribution in [0.5, 0.6) is 0 Å². The SMILES string of the molecule is CCNC(Cc1sccc1Br)C(C)C(C)C. The summed E-state index contributed by atoms with van der Waals surface area (Å²) in [4.78, 5) is 1.46. The van der Waals surface area contributed by atoms with Gasteiger partial charge < -0.3 is 5.32 Å². The summed E-state index contributed by atoms with van der Waals surface area (Å²) in [5, 5.41) is 5.77. The largest absolute Gasteiger partial charge is 0.314 e. The Labute approximate surface area is 112 Å². The first kappa shape index (κ1) is 14.2. The monoisotopic (exact) mass is 303 g/mol. The molecule has 0 saturated heterocycles. The Morgan fingerprint density at radius 2 is 2.06 bits per heavy atom. The maximum Gasteiger partial charge on any atom is 0.0314 e. The Morgan fingerprint density at radius 3 is 2.50 bits per heavy atom. The average molecular weight is 304 g/mol. The summed E-state index contributed by atoms with van der Waals surface area (Å²) in [7, 11) is 0. The highest BCUT2D eigenvalue weighted by Crippen LogP contribution is 2.27. The third-order valence-corrected chi connectivity index (χ3v) is 5.20. The van der Waals surface area contributed by atoms with Crippen LogP contribution in [0.25, 0.3) is 0 Å². The Hall–Kier alpha value is 0.140. The number of thiophene rings is 1. The van der Waals surface area contributed by atoms with E-state index in [2.05, 4.69) is 60.4 Å². The minimum absolute atomic E-state index is 0.583. The molecule has 1 heterocycles. The normalized spacial score (nSPS) is 15.4. The maximum atomic E-state index is 3.62. The van der Waals surface area contributed by atoms with Gasteiger partial charge in [0.25, 0.3) is 0 Å². The molecule has 0 aliphatic heterocycles. The van der Waals surface area contributed by atoms with Crippen molar-refractivity contribution in [1.82, 2.24) is 5.32 Å². The summed E-state index contributed by atoms with van der Waals surface area (Å²) < 4.78 is 1.26. The van der Waals surface area contributed by atoms with E-state index in [1.54, 1.807) is 0 Å². The van der Waals surface area contributed by atoms with Gasteiger partial charge in [0.2, 0.25) is 0 Å². The van der Waals surface area contributed by atoms with E-state index in [4.69, 9.17) is 0 Å². The topological polar surface area (TPSA) is 12.0 Å². The van der Waals surface area contributed by atoms with Gasteiger partial charge in [-0.3, -0.25) is 0 Å². The summed E-state index contributed by atoms with van der Waals surface area (Å²) >= 11 is 5.46. The maximum absolute atomic E-state index is 3.62. The van der Waals surface area contributed by atoms with E-state index in [-0.39, 0.29) is 0 Å². The number of likely N-dealkylation sites (N-methyl/N-ethyl adjacent to an activating group) is 1. The Morgan fingerprint density at radius 1 is 1.38 bits per heavy atom. The second kappa shape index (κ2) is 6.77. The van der Waals surface area contributed by atoms with Gasteiger partial charge in [-0.25, -0.2) is 0 Å². The predicted octanol–water partition coefficient (Wildman–Crippen LogP) is 4.32. The van der Waals surface area contributed by atoms with Crippen molar-refractivity contribution in [2.75, 3.05) is 6.54 Å². The van der Waals surface area contributed by atoms with Crippen LogP contribution >= 0.6 is 27.3 Å². The zero-order valence-corrected chi connectivity index (χ0v) is 13.0. The lowest BCUT2D eigenvalue weighted by Gasteiger charge is -2.27. The highest BCUT2D eigenvalue weighted by atomic mass is 79.9. The van der Waals surface area contributed by atoms with Crippen molar-refractivity contribution >= 4 is 27.3 Å². The minimum atomic E-state index is 0.583. The molecule has 0 aromatic carbocycles. The molecule has 1 aromatic rings. The molecule has 0 aliphatic carbocycles. The van der Waals surface area contributed by atoms with Gasteiger partial charge >= 0.3 is 0 Å². The van der Waals surface area contributed by atoms with E-state index in [9.17, 15) is 0 Å². The quantitative estimate of drug-likeness (QED) is 0.825. The summed E-state index contributed by atoms with van der Waals surface area (Å²) in [6.45, 7) is 10.2. The van der Waals surface area contributed by atoms with E-state index in [0.29, 0.717) is 12.0 Å². The summed E-state index contributed by atoms with van der Waals surface area (Å²) in [6, 6.07) is 2.73. The van der Waals surface area contributed by atoms with Crippen molar-refractivity contribution in [2.24, 2.45) is 11.8 Å². The summed E-state index contributed by atoms with van der Waals surface area (Å²) in [5.41, 5.74) is 0. The van der Waals surface area contributed by atoms with E-state index in [1.165, 1.54) is 9.35 Å². The van der Waals surface area contributed by atoms with E-state index in [1.807, 2.05) is 11.3 Å². The molecule has 1 nitrogen and oxygen atoms in total. The van der Waals surface area contributed by atoms with Crippen LogP contribution in [-0.4, -0.2) is 12.6 Å². The van der Waals surface area contributed by atoms with Crippen molar-refractivity contribution in [3.05, 3.63) is 20.8 Å². The number of hydrogen-bond acceptors (Lipinski definition) is 2. The van der Waals surface area contributed by atoms with E-state index in [0.717, 1.165) is 18.9 Å². The lowest BCUT2D eigenvalue weighted by molar-refractivity contribution is 0.301. The molecular weight excluding hydrogens is 282 g/mol. The molecule has 0 aliphatic rings. The molecule has 0 saturated carbocycles. The van der Waals surface area contributed by atoms with Gasteiger partial charge in [-0.2, -0.15) is 0 Å². The molecular formula is C13H22BrNS. The second-order valence-corrected chi connectivity index (χ2v) is 6.52. The van der Waals surface area contributed by atoms with Crippen LogP contribution in [-0.2, 0) is 6.42 Å². The fourth-order valence-electron chi connectivity index (χ4n) is 1.84. The molecule has 16 heavy (non-hydrogen) atoms. The summed E-state index contributed by atoms with van der Waals surface area (Å²) in [6.07, 6.45) is 1.13. The number of hydrogen-bond donors (Lipinski definition) is 1. The van der Waals surface area contributed by atoms with Crippen molar-refractivity contribution in [1.29, 1.82) is 0 Å². The standard InChI is InChI=1S/C13H22BrNS/c1-5-15-12(10(4)9(2)3)8-13-11(14)6-7-16-13/h6-7,9-10,12,15H,5,8H2,1-4H3. The Bertz CT molecular complexity index is 309. The number of nitrogens with one attached hydrogen (secondary N) is 1. The highest BCUT2D eigenvalue weighted by Gasteiger charge is 2.20. The molecule has 2 atom stereocenters. The third-order valence-electron chi connectivity index (χ3n) is 3.25. The van der Waals surface area contributed by atoms with Crippen LogP contribution in [0.15, 0.2) is 15.9 Å². The van der Waals surface area contributed by atoms with E-state index >= 15 is 0 Å². The van der Waals surface area contributed by atoms with Gasteiger partial charge in [-0.1, -0.05) is 27.7 Å². The molecule has 1 rings (SSSR count). The molecule has 0 bridgehead atoms. The zero-order chi connectivity index (χ0) is 12.1. The first-order valence-electron chi connectivity index (χ1n) is 6.01. The molecule has 1 N–H and O–H groups in total. The van der Waals surface area contributed by atoms with Gasteiger partial charge in [0.05, 0.1) is 0 Å². The fourth-order valence-corrected chi connectivity index (χ4v) is 3.42. The average Bonchev–Trinajstić information content (AvgIpc) is 2.62. The molecule has 2 unspecified atom stereocenters. The predicted molar refractivity (Wildman–Crippen MR) is 77.2 cm³/mol. The van der Waals surface area contributed by atoms with Crippen LogP contribution in [0, 0.1) is 11.8 Å².